The quantitative estimate of drug-likeness (QED) is 0.812. The lowest BCUT2D eigenvalue weighted by Gasteiger charge is -2.18. The molecule has 17 heavy (non-hydrogen) atoms. The summed E-state index contributed by atoms with van der Waals surface area (Å²) in [5, 5.41) is 7.80. The van der Waals surface area contributed by atoms with Crippen LogP contribution in [0.3, 0.4) is 0 Å². The molecule has 0 amide bonds. The van der Waals surface area contributed by atoms with Crippen LogP contribution in [0.25, 0.3) is 11.0 Å². The van der Waals surface area contributed by atoms with Gasteiger partial charge in [-0.3, -0.25) is 5.10 Å². The first-order valence-corrected chi connectivity index (χ1v) is 5.99. The van der Waals surface area contributed by atoms with Crippen molar-refractivity contribution in [3.05, 3.63) is 6.20 Å². The third-order valence-corrected chi connectivity index (χ3v) is 3.47. The van der Waals surface area contributed by atoms with Crippen LogP contribution < -0.4 is 10.6 Å². The molecular formula is C11H16N6. The average molecular weight is 232 g/mol. The molecule has 3 N–H and O–H groups in total. The van der Waals surface area contributed by atoms with Crippen LogP contribution in [0, 0.1) is 5.92 Å². The van der Waals surface area contributed by atoms with E-state index in [1.54, 1.807) is 6.20 Å². The second kappa shape index (κ2) is 3.87. The SMILES string of the molecule is CCC1CCN(c2nc(N)nc3[nH]ncc23)C1. The van der Waals surface area contributed by atoms with Gasteiger partial charge in [0.05, 0.1) is 11.6 Å². The number of anilines is 2. The summed E-state index contributed by atoms with van der Waals surface area (Å²) in [7, 11) is 0. The minimum atomic E-state index is 0.302. The first-order chi connectivity index (χ1) is 8.28. The smallest absolute Gasteiger partial charge is 0.224 e. The molecule has 1 aliphatic rings. The Balaban J connectivity index is 2.02. The third-order valence-electron chi connectivity index (χ3n) is 3.47. The van der Waals surface area contributed by atoms with Crippen molar-refractivity contribution >= 4 is 22.8 Å². The molecule has 0 saturated carbocycles. The second-order valence-electron chi connectivity index (χ2n) is 4.55. The lowest BCUT2D eigenvalue weighted by atomic mass is 10.1. The highest BCUT2D eigenvalue weighted by Gasteiger charge is 2.24. The third kappa shape index (κ3) is 1.69. The Labute approximate surface area is 99.2 Å². The number of nitrogens with zero attached hydrogens (tertiary/aromatic N) is 4. The first kappa shape index (κ1) is 10.3. The molecule has 0 spiro atoms. The van der Waals surface area contributed by atoms with Crippen LogP contribution in [0.2, 0.25) is 0 Å². The van der Waals surface area contributed by atoms with Crippen LogP contribution in [0.4, 0.5) is 11.8 Å². The van der Waals surface area contributed by atoms with E-state index in [9.17, 15) is 0 Å². The van der Waals surface area contributed by atoms with Gasteiger partial charge in [0, 0.05) is 13.1 Å². The van der Waals surface area contributed by atoms with Crippen molar-refractivity contribution in [1.82, 2.24) is 20.2 Å². The largest absolute Gasteiger partial charge is 0.368 e. The zero-order chi connectivity index (χ0) is 11.8. The molecule has 3 heterocycles. The van der Waals surface area contributed by atoms with E-state index in [2.05, 4.69) is 32.0 Å². The molecule has 90 valence electrons. The molecule has 2 aromatic rings. The van der Waals surface area contributed by atoms with Gasteiger partial charge in [-0.25, -0.2) is 0 Å². The standard InChI is InChI=1S/C11H16N6/c1-2-7-3-4-17(6-7)10-8-5-13-16-9(8)14-11(12)15-10/h5,7H,2-4,6H2,1H3,(H3,12,13,14,15,16). The van der Waals surface area contributed by atoms with E-state index in [4.69, 9.17) is 5.73 Å². The number of hydrogen-bond acceptors (Lipinski definition) is 5. The molecule has 0 radical (unpaired) electrons. The fourth-order valence-corrected chi connectivity index (χ4v) is 2.44. The molecule has 1 fully saturated rings. The summed E-state index contributed by atoms with van der Waals surface area (Å²) in [5.41, 5.74) is 6.44. The number of fused-ring (bicyclic) bond motifs is 1. The van der Waals surface area contributed by atoms with Gasteiger partial charge in [0.15, 0.2) is 5.65 Å². The van der Waals surface area contributed by atoms with Gasteiger partial charge in [-0.2, -0.15) is 15.1 Å². The van der Waals surface area contributed by atoms with Crippen LogP contribution in [-0.4, -0.2) is 33.3 Å². The van der Waals surface area contributed by atoms with Gasteiger partial charge in [0.1, 0.15) is 5.82 Å². The van der Waals surface area contributed by atoms with Gasteiger partial charge in [-0.05, 0) is 12.3 Å². The molecule has 0 aromatic carbocycles. The summed E-state index contributed by atoms with van der Waals surface area (Å²) in [6.45, 7) is 4.32. The van der Waals surface area contributed by atoms with Gasteiger partial charge in [0.25, 0.3) is 0 Å². The summed E-state index contributed by atoms with van der Waals surface area (Å²) in [5.74, 6) is 1.97. The molecule has 6 nitrogen and oxygen atoms in total. The van der Waals surface area contributed by atoms with Crippen LogP contribution in [0.1, 0.15) is 19.8 Å². The molecule has 0 aliphatic carbocycles. The van der Waals surface area contributed by atoms with Crippen molar-refractivity contribution in [3.8, 4) is 0 Å². The van der Waals surface area contributed by atoms with E-state index in [-0.39, 0.29) is 0 Å². The molecule has 1 atom stereocenters. The number of nitrogens with one attached hydrogen (secondary N) is 1. The van der Waals surface area contributed by atoms with E-state index in [1.807, 2.05) is 0 Å². The average Bonchev–Trinajstić information content (AvgIpc) is 2.95. The Bertz CT molecular complexity index is 534. The number of nitrogens with two attached hydrogens (primary N) is 1. The molecular weight excluding hydrogens is 216 g/mol. The highest BCUT2D eigenvalue weighted by molar-refractivity contribution is 5.87. The topological polar surface area (TPSA) is 83.7 Å². The van der Waals surface area contributed by atoms with E-state index in [0.29, 0.717) is 11.6 Å². The van der Waals surface area contributed by atoms with Crippen molar-refractivity contribution in [1.29, 1.82) is 0 Å². The molecule has 0 bridgehead atoms. The van der Waals surface area contributed by atoms with Crippen molar-refractivity contribution in [2.75, 3.05) is 23.7 Å². The Kier molecular flexibility index (Phi) is 2.35. The summed E-state index contributed by atoms with van der Waals surface area (Å²) in [6.07, 6.45) is 4.20. The molecule has 2 aromatic heterocycles. The highest BCUT2D eigenvalue weighted by Crippen LogP contribution is 2.29. The molecule has 1 saturated heterocycles. The van der Waals surface area contributed by atoms with Crippen molar-refractivity contribution in [2.45, 2.75) is 19.8 Å². The van der Waals surface area contributed by atoms with Crippen LogP contribution in [0.15, 0.2) is 6.20 Å². The van der Waals surface area contributed by atoms with E-state index in [1.165, 1.54) is 12.8 Å². The van der Waals surface area contributed by atoms with Crippen LogP contribution >= 0.6 is 0 Å². The maximum Gasteiger partial charge on any atom is 0.224 e. The predicted molar refractivity (Wildman–Crippen MR) is 66.7 cm³/mol. The van der Waals surface area contributed by atoms with Gasteiger partial charge < -0.3 is 10.6 Å². The van der Waals surface area contributed by atoms with E-state index >= 15 is 0 Å². The summed E-state index contributed by atoms with van der Waals surface area (Å²) in [4.78, 5) is 10.8. The zero-order valence-electron chi connectivity index (χ0n) is 9.85. The summed E-state index contributed by atoms with van der Waals surface area (Å²) in [6, 6.07) is 0. The lowest BCUT2D eigenvalue weighted by molar-refractivity contribution is 0.569. The fourth-order valence-electron chi connectivity index (χ4n) is 2.44. The van der Waals surface area contributed by atoms with Crippen LogP contribution in [0.5, 0.6) is 0 Å². The van der Waals surface area contributed by atoms with Crippen molar-refractivity contribution in [3.63, 3.8) is 0 Å². The second-order valence-corrected chi connectivity index (χ2v) is 4.55. The van der Waals surface area contributed by atoms with Gasteiger partial charge in [0.2, 0.25) is 5.95 Å². The van der Waals surface area contributed by atoms with Crippen molar-refractivity contribution < 1.29 is 0 Å². The number of rotatable bonds is 2. The molecule has 1 aliphatic heterocycles. The predicted octanol–water partition coefficient (Wildman–Crippen LogP) is 1.17. The van der Waals surface area contributed by atoms with Crippen molar-refractivity contribution in [2.24, 2.45) is 5.92 Å². The fraction of sp³-hybridized carbons (Fsp3) is 0.545. The number of aromatic amines is 1. The summed E-state index contributed by atoms with van der Waals surface area (Å²) >= 11 is 0. The molecule has 6 heteroatoms. The lowest BCUT2D eigenvalue weighted by Crippen LogP contribution is -2.21. The van der Waals surface area contributed by atoms with Gasteiger partial charge in [-0.1, -0.05) is 13.3 Å². The Morgan fingerprint density at radius 2 is 2.41 bits per heavy atom. The van der Waals surface area contributed by atoms with Crippen LogP contribution in [-0.2, 0) is 0 Å². The van der Waals surface area contributed by atoms with E-state index < -0.39 is 0 Å². The summed E-state index contributed by atoms with van der Waals surface area (Å²) < 4.78 is 0. The minimum absolute atomic E-state index is 0.302. The maximum atomic E-state index is 5.72. The number of hydrogen-bond donors (Lipinski definition) is 2. The van der Waals surface area contributed by atoms with E-state index in [0.717, 1.165) is 30.2 Å². The highest BCUT2D eigenvalue weighted by atomic mass is 15.3. The Hall–Kier alpha value is -1.85. The van der Waals surface area contributed by atoms with Gasteiger partial charge >= 0.3 is 0 Å². The number of nitrogen functional groups attached to an aromatic ring is 1. The van der Waals surface area contributed by atoms with Gasteiger partial charge in [-0.15, -0.1) is 0 Å². The molecule has 3 rings (SSSR count). The first-order valence-electron chi connectivity index (χ1n) is 5.99. The number of aromatic nitrogens is 4. The maximum absolute atomic E-state index is 5.72. The Morgan fingerprint density at radius 3 is 3.18 bits per heavy atom. The number of H-pyrrole nitrogens is 1. The zero-order valence-corrected chi connectivity index (χ0v) is 9.85. The minimum Gasteiger partial charge on any atom is -0.368 e. The normalized spacial score (nSPS) is 20.3. The Morgan fingerprint density at radius 1 is 1.53 bits per heavy atom. The monoisotopic (exact) mass is 232 g/mol. The molecule has 1 unspecified atom stereocenters.